The molecule has 0 aromatic heterocycles. The molecule has 0 aliphatic rings. The van der Waals surface area contributed by atoms with E-state index in [1.54, 1.807) is 0 Å². The fourth-order valence-electron chi connectivity index (χ4n) is 3.81. The molecule has 0 amide bonds. The molecule has 2 nitrogen and oxygen atoms in total. The quantitative estimate of drug-likeness (QED) is 0.188. The van der Waals surface area contributed by atoms with Crippen molar-refractivity contribution >= 4 is 28.8 Å². The lowest BCUT2D eigenvalue weighted by Gasteiger charge is -2.15. The van der Waals surface area contributed by atoms with Gasteiger partial charge in [-0.15, -0.1) is 0 Å². The van der Waals surface area contributed by atoms with Gasteiger partial charge in [0, 0.05) is 10.6 Å². The van der Waals surface area contributed by atoms with E-state index >= 15 is 0 Å². The standard InChI is InChI=1S/C32H29ClN2/c1-4-23(2)31(28-17-15-27(16-18-28)26-13-9-6-10-14-26)35-32(29-19-21-30(33)22-20-29)34-24(3)25-11-7-5-8-12-25/h5-23H,3-4H2,1-2H3. The van der Waals surface area contributed by atoms with Crippen LogP contribution in [0.2, 0.25) is 5.02 Å². The third kappa shape index (κ3) is 6.23. The topological polar surface area (TPSA) is 24.7 Å². The van der Waals surface area contributed by atoms with Gasteiger partial charge >= 0.3 is 0 Å². The van der Waals surface area contributed by atoms with Crippen molar-refractivity contribution in [1.29, 1.82) is 0 Å². The zero-order valence-electron chi connectivity index (χ0n) is 20.2. The maximum Gasteiger partial charge on any atom is 0.160 e. The summed E-state index contributed by atoms with van der Waals surface area (Å²) < 4.78 is 0. The summed E-state index contributed by atoms with van der Waals surface area (Å²) in [5.74, 6) is 0.873. The smallest absolute Gasteiger partial charge is 0.160 e. The van der Waals surface area contributed by atoms with Gasteiger partial charge in [0.2, 0.25) is 0 Å². The normalized spacial score (nSPS) is 12.9. The SMILES string of the molecule is C=C(N=C(N=C(c1ccc(-c2ccccc2)cc1)C(C)CC)c1ccc(Cl)cc1)c1ccccc1. The first-order valence-corrected chi connectivity index (χ1v) is 12.3. The Morgan fingerprint density at radius 2 is 1.23 bits per heavy atom. The highest BCUT2D eigenvalue weighted by Crippen LogP contribution is 2.23. The molecule has 174 valence electrons. The Labute approximate surface area is 213 Å². The molecule has 4 aromatic carbocycles. The minimum atomic E-state index is 0.250. The second-order valence-electron chi connectivity index (χ2n) is 8.50. The van der Waals surface area contributed by atoms with E-state index in [4.69, 9.17) is 21.6 Å². The highest BCUT2D eigenvalue weighted by atomic mass is 35.5. The number of nitrogens with zero attached hydrogens (tertiary/aromatic N) is 2. The maximum absolute atomic E-state index is 6.16. The first-order chi connectivity index (χ1) is 17.0. The molecule has 1 unspecified atom stereocenters. The Morgan fingerprint density at radius 1 is 0.686 bits per heavy atom. The van der Waals surface area contributed by atoms with Gasteiger partial charge in [-0.25, -0.2) is 9.98 Å². The zero-order valence-corrected chi connectivity index (χ0v) is 20.9. The molecular formula is C32H29ClN2. The van der Waals surface area contributed by atoms with E-state index in [0.29, 0.717) is 16.6 Å². The van der Waals surface area contributed by atoms with Crippen molar-refractivity contribution in [2.75, 3.05) is 0 Å². The average Bonchev–Trinajstić information content (AvgIpc) is 2.92. The Morgan fingerprint density at radius 3 is 1.83 bits per heavy atom. The van der Waals surface area contributed by atoms with E-state index < -0.39 is 0 Å². The molecule has 35 heavy (non-hydrogen) atoms. The second-order valence-corrected chi connectivity index (χ2v) is 8.94. The van der Waals surface area contributed by atoms with Crippen LogP contribution < -0.4 is 0 Å². The number of aliphatic imine (C=N–C) groups is 2. The van der Waals surface area contributed by atoms with Gasteiger partial charge in [0.15, 0.2) is 5.84 Å². The van der Waals surface area contributed by atoms with Crippen LogP contribution in [-0.2, 0) is 0 Å². The second kappa shape index (κ2) is 11.6. The Kier molecular flexibility index (Phi) is 8.07. The van der Waals surface area contributed by atoms with Crippen LogP contribution in [0.1, 0.15) is 37.0 Å². The highest BCUT2D eigenvalue weighted by molar-refractivity contribution is 6.30. The van der Waals surface area contributed by atoms with Crippen LogP contribution in [0.15, 0.2) is 126 Å². The van der Waals surface area contributed by atoms with Crippen LogP contribution in [0.25, 0.3) is 16.8 Å². The van der Waals surface area contributed by atoms with Crippen LogP contribution in [0.3, 0.4) is 0 Å². The van der Waals surface area contributed by atoms with Crippen molar-refractivity contribution in [2.24, 2.45) is 15.9 Å². The Balaban J connectivity index is 1.78. The van der Waals surface area contributed by atoms with Crippen LogP contribution in [0.4, 0.5) is 0 Å². The molecule has 1 atom stereocenters. The predicted molar refractivity (Wildman–Crippen MR) is 151 cm³/mol. The monoisotopic (exact) mass is 476 g/mol. The minimum Gasteiger partial charge on any atom is -0.232 e. The van der Waals surface area contributed by atoms with Gasteiger partial charge in [0.1, 0.15) is 0 Å². The summed E-state index contributed by atoms with van der Waals surface area (Å²) in [7, 11) is 0. The molecule has 0 fully saturated rings. The summed E-state index contributed by atoms with van der Waals surface area (Å²) in [5, 5.41) is 0.678. The highest BCUT2D eigenvalue weighted by Gasteiger charge is 2.15. The molecule has 0 aliphatic heterocycles. The fourth-order valence-corrected chi connectivity index (χ4v) is 3.93. The van der Waals surface area contributed by atoms with E-state index in [1.165, 1.54) is 11.1 Å². The van der Waals surface area contributed by atoms with Gasteiger partial charge in [-0.3, -0.25) is 0 Å². The number of benzene rings is 4. The van der Waals surface area contributed by atoms with Gasteiger partial charge < -0.3 is 0 Å². The summed E-state index contributed by atoms with van der Waals surface area (Å²) in [5.41, 5.74) is 7.00. The number of hydrogen-bond acceptors (Lipinski definition) is 1. The molecule has 0 saturated carbocycles. The van der Waals surface area contributed by atoms with Crippen molar-refractivity contribution in [2.45, 2.75) is 20.3 Å². The summed E-state index contributed by atoms with van der Waals surface area (Å²) in [6, 6.07) is 36.6. The van der Waals surface area contributed by atoms with Gasteiger partial charge in [-0.1, -0.05) is 117 Å². The molecule has 4 aromatic rings. The van der Waals surface area contributed by atoms with Crippen LogP contribution >= 0.6 is 11.6 Å². The van der Waals surface area contributed by atoms with Gasteiger partial charge in [0.25, 0.3) is 0 Å². The zero-order chi connectivity index (χ0) is 24.6. The third-order valence-electron chi connectivity index (χ3n) is 6.04. The molecule has 0 N–H and O–H groups in total. The molecule has 0 saturated heterocycles. The summed E-state index contributed by atoms with van der Waals surface area (Å²) >= 11 is 6.16. The minimum absolute atomic E-state index is 0.250. The third-order valence-corrected chi connectivity index (χ3v) is 6.30. The van der Waals surface area contributed by atoms with Crippen molar-refractivity contribution in [1.82, 2.24) is 0 Å². The lowest BCUT2D eigenvalue weighted by molar-refractivity contribution is 0.741. The summed E-state index contributed by atoms with van der Waals surface area (Å²) in [6.07, 6.45) is 0.965. The number of hydrogen-bond donors (Lipinski definition) is 0. The summed E-state index contributed by atoms with van der Waals surface area (Å²) in [4.78, 5) is 10.0. The number of halogens is 1. The van der Waals surface area contributed by atoms with Crippen molar-refractivity contribution in [3.63, 3.8) is 0 Å². The molecule has 0 aliphatic carbocycles. The first-order valence-electron chi connectivity index (χ1n) is 11.9. The molecule has 0 radical (unpaired) electrons. The van der Waals surface area contributed by atoms with Gasteiger partial charge in [-0.05, 0) is 58.9 Å². The lowest BCUT2D eigenvalue weighted by Crippen LogP contribution is -2.15. The largest absolute Gasteiger partial charge is 0.232 e. The maximum atomic E-state index is 6.16. The van der Waals surface area contributed by atoms with Crippen molar-refractivity contribution in [3.8, 4) is 11.1 Å². The Hall–Kier alpha value is -3.75. The molecule has 0 heterocycles. The van der Waals surface area contributed by atoms with Crippen molar-refractivity contribution in [3.05, 3.63) is 137 Å². The van der Waals surface area contributed by atoms with E-state index in [9.17, 15) is 0 Å². The van der Waals surface area contributed by atoms with E-state index in [2.05, 4.69) is 69.0 Å². The van der Waals surface area contributed by atoms with Gasteiger partial charge in [-0.2, -0.15) is 0 Å². The van der Waals surface area contributed by atoms with Crippen LogP contribution in [0.5, 0.6) is 0 Å². The lowest BCUT2D eigenvalue weighted by atomic mass is 9.94. The molecule has 4 rings (SSSR count). The fraction of sp³-hybridized carbons (Fsp3) is 0.125. The summed E-state index contributed by atoms with van der Waals surface area (Å²) in [6.45, 7) is 8.60. The van der Waals surface area contributed by atoms with Crippen LogP contribution in [-0.4, -0.2) is 11.5 Å². The molecule has 0 bridgehead atoms. The first kappa shape index (κ1) is 24.4. The predicted octanol–water partition coefficient (Wildman–Crippen LogP) is 8.96. The number of rotatable bonds is 7. The number of amidine groups is 1. The van der Waals surface area contributed by atoms with Crippen LogP contribution in [0, 0.1) is 5.92 Å². The molecular weight excluding hydrogens is 448 g/mol. The van der Waals surface area contributed by atoms with E-state index in [1.807, 2.05) is 60.7 Å². The molecule has 3 heteroatoms. The van der Waals surface area contributed by atoms with Gasteiger partial charge in [0.05, 0.1) is 11.4 Å². The van der Waals surface area contributed by atoms with E-state index in [-0.39, 0.29) is 5.92 Å². The average molecular weight is 477 g/mol. The molecule has 0 spiro atoms. The van der Waals surface area contributed by atoms with E-state index in [0.717, 1.165) is 28.8 Å². The Bertz CT molecular complexity index is 1320. The van der Waals surface area contributed by atoms with Crippen molar-refractivity contribution < 1.29 is 0 Å².